The van der Waals surface area contributed by atoms with E-state index in [0.29, 0.717) is 11.1 Å². The molecule has 0 saturated heterocycles. The van der Waals surface area contributed by atoms with E-state index >= 15 is 0 Å². The molecule has 0 spiro atoms. The number of benzene rings is 1. The molecule has 0 fully saturated rings. The van der Waals surface area contributed by atoms with Gasteiger partial charge >= 0.3 is 5.97 Å². The van der Waals surface area contributed by atoms with Crippen molar-refractivity contribution in [1.29, 1.82) is 0 Å². The molecule has 0 atom stereocenters. The Morgan fingerprint density at radius 3 is 2.61 bits per heavy atom. The quantitative estimate of drug-likeness (QED) is 0.909. The Bertz CT molecular complexity index is 599. The van der Waals surface area contributed by atoms with Crippen molar-refractivity contribution in [2.24, 2.45) is 0 Å². The Kier molecular flexibility index (Phi) is 3.32. The van der Waals surface area contributed by atoms with Crippen LogP contribution in [0.5, 0.6) is 0 Å². The lowest BCUT2D eigenvalue weighted by atomic mass is 10.1. The van der Waals surface area contributed by atoms with Crippen molar-refractivity contribution >= 4 is 5.97 Å². The minimum absolute atomic E-state index is 0.136. The molecule has 0 aliphatic heterocycles. The first kappa shape index (κ1) is 12.2. The molecule has 0 bridgehead atoms. The molecule has 0 aliphatic carbocycles. The number of halogens is 2. The van der Waals surface area contributed by atoms with Gasteiger partial charge in [-0.25, -0.2) is 8.78 Å². The summed E-state index contributed by atoms with van der Waals surface area (Å²) in [4.78, 5) is 14.2. The second kappa shape index (κ2) is 4.91. The maximum atomic E-state index is 13.6. The van der Waals surface area contributed by atoms with Gasteiger partial charge in [0.25, 0.3) is 0 Å². The molecule has 0 unspecified atom stereocenters. The van der Waals surface area contributed by atoms with Crippen LogP contribution in [-0.4, -0.2) is 16.1 Å². The van der Waals surface area contributed by atoms with Crippen molar-refractivity contribution in [2.45, 2.75) is 6.42 Å². The highest BCUT2D eigenvalue weighted by Gasteiger charge is 2.10. The number of hydrogen-bond acceptors (Lipinski definition) is 2. The van der Waals surface area contributed by atoms with Crippen molar-refractivity contribution in [3.05, 3.63) is 53.9 Å². The normalized spacial score (nSPS) is 10.3. The first-order valence-corrected chi connectivity index (χ1v) is 5.18. The van der Waals surface area contributed by atoms with Crippen molar-refractivity contribution in [3.8, 4) is 11.1 Å². The minimum atomic E-state index is -1.15. The molecule has 0 aliphatic rings. The highest BCUT2D eigenvalue weighted by molar-refractivity contribution is 5.70. The molecule has 0 radical (unpaired) electrons. The number of aromatic nitrogens is 1. The zero-order valence-corrected chi connectivity index (χ0v) is 9.23. The molecule has 0 amide bonds. The smallest absolute Gasteiger partial charge is 0.309 e. The third-order valence-corrected chi connectivity index (χ3v) is 2.39. The fraction of sp³-hybridized carbons (Fsp3) is 0.0769. The second-order valence-corrected chi connectivity index (χ2v) is 3.73. The zero-order chi connectivity index (χ0) is 13.1. The number of pyridine rings is 1. The van der Waals surface area contributed by atoms with Crippen LogP contribution in [0.4, 0.5) is 8.78 Å². The summed E-state index contributed by atoms with van der Waals surface area (Å²) in [5, 5.41) is 8.56. The monoisotopic (exact) mass is 249 g/mol. The predicted molar refractivity (Wildman–Crippen MR) is 60.9 cm³/mol. The largest absolute Gasteiger partial charge is 0.481 e. The molecule has 1 aromatic heterocycles. The SMILES string of the molecule is O=C(O)Cc1ncc(-c2cccc(F)c2)cc1F. The van der Waals surface area contributed by atoms with Crippen LogP contribution in [0.15, 0.2) is 36.5 Å². The third-order valence-electron chi connectivity index (χ3n) is 2.39. The van der Waals surface area contributed by atoms with Crippen LogP contribution in [0.3, 0.4) is 0 Å². The molecule has 18 heavy (non-hydrogen) atoms. The summed E-state index contributed by atoms with van der Waals surface area (Å²) >= 11 is 0. The Morgan fingerprint density at radius 1 is 1.22 bits per heavy atom. The molecule has 1 heterocycles. The lowest BCUT2D eigenvalue weighted by Crippen LogP contribution is -2.05. The van der Waals surface area contributed by atoms with Gasteiger partial charge in [-0.2, -0.15) is 0 Å². The van der Waals surface area contributed by atoms with Crippen LogP contribution >= 0.6 is 0 Å². The van der Waals surface area contributed by atoms with E-state index < -0.39 is 24.0 Å². The van der Waals surface area contributed by atoms with Gasteiger partial charge in [-0.3, -0.25) is 9.78 Å². The topological polar surface area (TPSA) is 50.2 Å². The number of carbonyl (C=O) groups is 1. The zero-order valence-electron chi connectivity index (χ0n) is 9.23. The lowest BCUT2D eigenvalue weighted by Gasteiger charge is -2.04. The van der Waals surface area contributed by atoms with E-state index in [4.69, 9.17) is 5.11 Å². The Morgan fingerprint density at radius 2 is 2.00 bits per heavy atom. The summed E-state index contributed by atoms with van der Waals surface area (Å²) in [5.41, 5.74) is 0.757. The van der Waals surface area contributed by atoms with E-state index in [2.05, 4.69) is 4.98 Å². The van der Waals surface area contributed by atoms with Gasteiger partial charge in [-0.15, -0.1) is 0 Å². The van der Waals surface area contributed by atoms with Gasteiger partial charge in [0.15, 0.2) is 0 Å². The summed E-state index contributed by atoms with van der Waals surface area (Å²) in [6.45, 7) is 0. The Labute approximate surface area is 102 Å². The van der Waals surface area contributed by atoms with Gasteiger partial charge in [-0.05, 0) is 23.8 Å². The summed E-state index contributed by atoms with van der Waals surface area (Å²) < 4.78 is 26.6. The highest BCUT2D eigenvalue weighted by atomic mass is 19.1. The van der Waals surface area contributed by atoms with Crippen LogP contribution < -0.4 is 0 Å². The van der Waals surface area contributed by atoms with Crippen molar-refractivity contribution in [1.82, 2.24) is 4.98 Å². The maximum absolute atomic E-state index is 13.6. The Hall–Kier alpha value is -2.30. The van der Waals surface area contributed by atoms with E-state index in [9.17, 15) is 13.6 Å². The van der Waals surface area contributed by atoms with Crippen molar-refractivity contribution < 1.29 is 18.7 Å². The lowest BCUT2D eigenvalue weighted by molar-refractivity contribution is -0.136. The summed E-state index contributed by atoms with van der Waals surface area (Å²) in [6, 6.07) is 6.82. The van der Waals surface area contributed by atoms with Crippen LogP contribution in [0, 0.1) is 11.6 Å². The maximum Gasteiger partial charge on any atom is 0.309 e. The number of hydrogen-bond donors (Lipinski definition) is 1. The average Bonchev–Trinajstić information content (AvgIpc) is 2.31. The van der Waals surface area contributed by atoms with E-state index in [-0.39, 0.29) is 5.69 Å². The molecule has 2 aromatic rings. The number of carboxylic acids is 1. The summed E-state index contributed by atoms with van der Waals surface area (Å²) in [7, 11) is 0. The predicted octanol–water partition coefficient (Wildman–Crippen LogP) is 2.65. The number of nitrogens with zero attached hydrogens (tertiary/aromatic N) is 1. The molecule has 92 valence electrons. The molecular weight excluding hydrogens is 240 g/mol. The van der Waals surface area contributed by atoms with Crippen LogP contribution in [0.1, 0.15) is 5.69 Å². The van der Waals surface area contributed by atoms with Gasteiger partial charge < -0.3 is 5.11 Å². The molecule has 1 aromatic carbocycles. The molecule has 5 heteroatoms. The number of rotatable bonds is 3. The fourth-order valence-electron chi connectivity index (χ4n) is 1.57. The van der Waals surface area contributed by atoms with Gasteiger partial charge in [0.2, 0.25) is 0 Å². The molecule has 2 rings (SSSR count). The van der Waals surface area contributed by atoms with Gasteiger partial charge in [0.05, 0.1) is 12.1 Å². The van der Waals surface area contributed by atoms with E-state index in [0.717, 1.165) is 6.07 Å². The van der Waals surface area contributed by atoms with E-state index in [1.54, 1.807) is 6.07 Å². The molecule has 0 saturated carbocycles. The number of carboxylic acid groups (broad SMARTS) is 1. The van der Waals surface area contributed by atoms with Crippen molar-refractivity contribution in [2.75, 3.05) is 0 Å². The third kappa shape index (κ3) is 2.68. The van der Waals surface area contributed by atoms with E-state index in [1.165, 1.54) is 24.4 Å². The molecular formula is C13H9F2NO2. The van der Waals surface area contributed by atoms with Gasteiger partial charge in [0.1, 0.15) is 11.6 Å². The van der Waals surface area contributed by atoms with Crippen LogP contribution in [-0.2, 0) is 11.2 Å². The second-order valence-electron chi connectivity index (χ2n) is 3.73. The summed E-state index contributed by atoms with van der Waals surface area (Å²) in [5.74, 6) is -2.29. The Balaban J connectivity index is 2.37. The van der Waals surface area contributed by atoms with Crippen LogP contribution in [0.25, 0.3) is 11.1 Å². The summed E-state index contributed by atoms with van der Waals surface area (Å²) in [6.07, 6.45) is 0.853. The first-order chi connectivity index (χ1) is 8.56. The minimum Gasteiger partial charge on any atom is -0.481 e. The van der Waals surface area contributed by atoms with Crippen molar-refractivity contribution in [3.63, 3.8) is 0 Å². The fourth-order valence-corrected chi connectivity index (χ4v) is 1.57. The standard InChI is InChI=1S/C13H9F2NO2/c14-10-3-1-2-8(4-10)9-5-11(15)12(16-7-9)6-13(17)18/h1-5,7H,6H2,(H,17,18). The molecule has 1 N–H and O–H groups in total. The van der Waals surface area contributed by atoms with Crippen LogP contribution in [0.2, 0.25) is 0 Å². The van der Waals surface area contributed by atoms with E-state index in [1.807, 2.05) is 0 Å². The molecule has 3 nitrogen and oxygen atoms in total. The average molecular weight is 249 g/mol. The first-order valence-electron chi connectivity index (χ1n) is 5.18. The number of aliphatic carboxylic acids is 1. The highest BCUT2D eigenvalue weighted by Crippen LogP contribution is 2.21. The van der Waals surface area contributed by atoms with Gasteiger partial charge in [0, 0.05) is 11.8 Å². The van der Waals surface area contributed by atoms with Gasteiger partial charge in [-0.1, -0.05) is 12.1 Å².